The van der Waals surface area contributed by atoms with Gasteiger partial charge in [0.1, 0.15) is 17.4 Å². The fourth-order valence-corrected chi connectivity index (χ4v) is 2.90. The van der Waals surface area contributed by atoms with Gasteiger partial charge in [-0.05, 0) is 31.2 Å². The summed E-state index contributed by atoms with van der Waals surface area (Å²) in [6.07, 6.45) is 0. The van der Waals surface area contributed by atoms with Crippen LogP contribution in [0.1, 0.15) is 6.92 Å². The number of hydrogen-bond donors (Lipinski definition) is 1. The van der Waals surface area contributed by atoms with E-state index in [1.54, 1.807) is 25.1 Å². The number of nitrogens with one attached hydrogen (secondary N) is 1. The van der Waals surface area contributed by atoms with Gasteiger partial charge in [-0.15, -0.1) is 10.2 Å². The lowest BCUT2D eigenvalue weighted by atomic mass is 10.2. The van der Waals surface area contributed by atoms with Crippen LogP contribution in [-0.2, 0) is 4.79 Å². The van der Waals surface area contributed by atoms with Crippen LogP contribution >= 0.6 is 11.8 Å². The predicted octanol–water partition coefficient (Wildman–Crippen LogP) is 4.14. The van der Waals surface area contributed by atoms with Crippen LogP contribution in [0.25, 0.3) is 11.5 Å². The lowest BCUT2D eigenvalue weighted by molar-refractivity contribution is -0.115. The zero-order valence-corrected chi connectivity index (χ0v) is 15.2. The molecule has 0 radical (unpaired) electrons. The minimum atomic E-state index is -0.724. The van der Waals surface area contributed by atoms with Crippen LogP contribution in [0, 0.1) is 11.6 Å². The summed E-state index contributed by atoms with van der Waals surface area (Å²) in [6, 6.07) is 9.97. The zero-order valence-electron chi connectivity index (χ0n) is 14.4. The van der Waals surface area contributed by atoms with Gasteiger partial charge in [0.15, 0.2) is 0 Å². The molecule has 0 saturated heterocycles. The van der Waals surface area contributed by atoms with Gasteiger partial charge >= 0.3 is 0 Å². The Hall–Kier alpha value is -2.94. The van der Waals surface area contributed by atoms with E-state index in [1.165, 1.54) is 7.11 Å². The molecular weight excluding hydrogens is 376 g/mol. The Kier molecular flexibility index (Phi) is 5.70. The van der Waals surface area contributed by atoms with Gasteiger partial charge in [0.2, 0.25) is 5.91 Å². The molecule has 1 aromatic heterocycles. The topological polar surface area (TPSA) is 77.2 Å². The Morgan fingerprint density at radius 1 is 1.22 bits per heavy atom. The lowest BCUT2D eigenvalue weighted by Gasteiger charge is -2.10. The van der Waals surface area contributed by atoms with Crippen LogP contribution in [-0.4, -0.2) is 28.5 Å². The second kappa shape index (κ2) is 8.17. The fraction of sp³-hybridized carbons (Fsp3) is 0.167. The van der Waals surface area contributed by atoms with E-state index < -0.39 is 22.8 Å². The number of carbonyl (C=O) groups excluding carboxylic acids is 1. The number of anilines is 1. The molecule has 27 heavy (non-hydrogen) atoms. The average Bonchev–Trinajstić information content (AvgIpc) is 3.12. The van der Waals surface area contributed by atoms with E-state index in [4.69, 9.17) is 9.15 Å². The first-order valence-corrected chi connectivity index (χ1v) is 8.75. The van der Waals surface area contributed by atoms with Gasteiger partial charge in [-0.3, -0.25) is 4.79 Å². The van der Waals surface area contributed by atoms with Gasteiger partial charge in [0.25, 0.3) is 11.1 Å². The first-order chi connectivity index (χ1) is 13.0. The number of nitrogens with zero attached hydrogens (tertiary/aromatic N) is 2. The number of halogens is 2. The summed E-state index contributed by atoms with van der Waals surface area (Å²) in [5, 5.41) is 9.69. The molecule has 6 nitrogen and oxygen atoms in total. The third kappa shape index (κ3) is 4.43. The fourth-order valence-electron chi connectivity index (χ4n) is 2.22. The number of rotatable bonds is 6. The molecule has 0 fully saturated rings. The van der Waals surface area contributed by atoms with Crippen LogP contribution in [0.4, 0.5) is 14.5 Å². The van der Waals surface area contributed by atoms with Gasteiger partial charge < -0.3 is 14.5 Å². The van der Waals surface area contributed by atoms with Crippen molar-refractivity contribution in [1.29, 1.82) is 0 Å². The standard InChI is InChI=1S/C18H15F2N3O3S/c1-10(16(24)21-14-9-11(19)7-8-13(14)20)27-18-23-22-17(26-18)12-5-3-4-6-15(12)25-2/h3-10H,1-2H3,(H,21,24). The minimum Gasteiger partial charge on any atom is -0.496 e. The van der Waals surface area contributed by atoms with E-state index in [0.29, 0.717) is 11.3 Å². The Labute approximate surface area is 157 Å². The molecule has 9 heteroatoms. The predicted molar refractivity (Wildman–Crippen MR) is 96.6 cm³/mol. The van der Waals surface area contributed by atoms with E-state index in [0.717, 1.165) is 30.0 Å². The maximum atomic E-state index is 13.6. The summed E-state index contributed by atoms with van der Waals surface area (Å²) >= 11 is 1.00. The molecule has 0 bridgehead atoms. The van der Waals surface area contributed by atoms with Crippen molar-refractivity contribution >= 4 is 23.4 Å². The Morgan fingerprint density at radius 2 is 2.00 bits per heavy atom. The number of ether oxygens (including phenoxy) is 1. The molecule has 0 aliphatic heterocycles. The lowest BCUT2D eigenvalue weighted by Crippen LogP contribution is -2.23. The van der Waals surface area contributed by atoms with Crippen molar-refractivity contribution in [2.45, 2.75) is 17.4 Å². The number of aromatic nitrogens is 2. The Bertz CT molecular complexity index is 965. The molecule has 140 valence electrons. The highest BCUT2D eigenvalue weighted by Crippen LogP contribution is 2.31. The number of benzene rings is 2. The van der Waals surface area contributed by atoms with Crippen molar-refractivity contribution in [3.63, 3.8) is 0 Å². The van der Waals surface area contributed by atoms with E-state index in [2.05, 4.69) is 15.5 Å². The highest BCUT2D eigenvalue weighted by molar-refractivity contribution is 8.00. The van der Waals surface area contributed by atoms with E-state index in [9.17, 15) is 13.6 Å². The number of methoxy groups -OCH3 is 1. The van der Waals surface area contributed by atoms with Crippen LogP contribution in [0.5, 0.6) is 5.75 Å². The second-order valence-electron chi connectivity index (χ2n) is 5.45. The summed E-state index contributed by atoms with van der Waals surface area (Å²) in [4.78, 5) is 12.2. The third-order valence-electron chi connectivity index (χ3n) is 3.58. The normalized spacial score (nSPS) is 11.9. The van der Waals surface area contributed by atoms with Gasteiger partial charge in [0, 0.05) is 6.07 Å². The highest BCUT2D eigenvalue weighted by Gasteiger charge is 2.21. The Morgan fingerprint density at radius 3 is 2.78 bits per heavy atom. The largest absolute Gasteiger partial charge is 0.496 e. The Balaban J connectivity index is 1.69. The number of carbonyl (C=O) groups is 1. The first-order valence-electron chi connectivity index (χ1n) is 7.87. The van der Waals surface area contributed by atoms with Crippen molar-refractivity contribution in [3.8, 4) is 17.2 Å². The average molecular weight is 391 g/mol. The molecule has 0 aliphatic rings. The summed E-state index contributed by atoms with van der Waals surface area (Å²) in [7, 11) is 1.53. The van der Waals surface area contributed by atoms with Crippen LogP contribution in [0.2, 0.25) is 0 Å². The third-order valence-corrected chi connectivity index (χ3v) is 4.51. The number of thioether (sulfide) groups is 1. The molecule has 0 aliphatic carbocycles. The zero-order chi connectivity index (χ0) is 19.4. The minimum absolute atomic E-state index is 0.165. The summed E-state index contributed by atoms with van der Waals surface area (Å²) in [5.41, 5.74) is 0.394. The van der Waals surface area contributed by atoms with Gasteiger partial charge in [0.05, 0.1) is 23.6 Å². The molecule has 1 N–H and O–H groups in total. The maximum absolute atomic E-state index is 13.6. The van der Waals surface area contributed by atoms with Crippen molar-refractivity contribution in [1.82, 2.24) is 10.2 Å². The second-order valence-corrected chi connectivity index (χ2v) is 6.74. The molecule has 1 amide bonds. The highest BCUT2D eigenvalue weighted by atomic mass is 32.2. The van der Waals surface area contributed by atoms with Gasteiger partial charge in [-0.1, -0.05) is 23.9 Å². The van der Waals surface area contributed by atoms with Crippen molar-refractivity contribution in [2.24, 2.45) is 0 Å². The number of hydrogen-bond acceptors (Lipinski definition) is 6. The smallest absolute Gasteiger partial charge is 0.277 e. The molecule has 1 unspecified atom stereocenters. The molecular formula is C18H15F2N3O3S. The monoisotopic (exact) mass is 391 g/mol. The molecule has 1 heterocycles. The summed E-state index contributed by atoms with van der Waals surface area (Å²) in [6.45, 7) is 1.59. The maximum Gasteiger partial charge on any atom is 0.277 e. The molecule has 1 atom stereocenters. The molecule has 3 aromatic rings. The number of amides is 1. The van der Waals surface area contributed by atoms with E-state index in [-0.39, 0.29) is 16.8 Å². The van der Waals surface area contributed by atoms with Crippen LogP contribution in [0.3, 0.4) is 0 Å². The van der Waals surface area contributed by atoms with Crippen molar-refractivity contribution < 1.29 is 22.7 Å². The first kappa shape index (κ1) is 18.8. The van der Waals surface area contributed by atoms with Crippen molar-refractivity contribution in [2.75, 3.05) is 12.4 Å². The molecule has 0 saturated carbocycles. The SMILES string of the molecule is COc1ccccc1-c1nnc(SC(C)C(=O)Nc2cc(F)ccc2F)o1. The van der Waals surface area contributed by atoms with E-state index in [1.807, 2.05) is 6.07 Å². The molecule has 0 spiro atoms. The molecule has 2 aromatic carbocycles. The van der Waals surface area contributed by atoms with E-state index >= 15 is 0 Å². The molecule has 3 rings (SSSR count). The quantitative estimate of drug-likeness (QED) is 0.637. The van der Waals surface area contributed by atoms with Crippen LogP contribution < -0.4 is 10.1 Å². The number of para-hydroxylation sites is 1. The van der Waals surface area contributed by atoms with Gasteiger partial charge in [-0.25, -0.2) is 8.78 Å². The van der Waals surface area contributed by atoms with Crippen molar-refractivity contribution in [3.05, 3.63) is 54.1 Å². The van der Waals surface area contributed by atoms with Gasteiger partial charge in [-0.2, -0.15) is 0 Å². The summed E-state index contributed by atoms with van der Waals surface area (Å²) in [5.74, 6) is -1.08. The van der Waals surface area contributed by atoms with Crippen LogP contribution in [0.15, 0.2) is 52.1 Å². The summed E-state index contributed by atoms with van der Waals surface area (Å²) < 4.78 is 37.7.